The van der Waals surface area contributed by atoms with E-state index in [-0.39, 0.29) is 12.3 Å². The summed E-state index contributed by atoms with van der Waals surface area (Å²) in [5, 5.41) is 12.9. The second-order valence-electron chi connectivity index (χ2n) is 6.60. The SMILES string of the molecule is CCOC(=O)N1CCc2c([nH]c3ccc(Cl)cc23)C1c1cccc([N+](=O)[O-])c1. The lowest BCUT2D eigenvalue weighted by molar-refractivity contribution is -0.384. The first-order valence-corrected chi connectivity index (χ1v) is 9.35. The Morgan fingerprint density at radius 1 is 1.36 bits per heavy atom. The van der Waals surface area contributed by atoms with Crippen LogP contribution in [0.5, 0.6) is 0 Å². The standard InChI is InChI=1S/C20H18ClN3O4/c1-2-28-20(25)23-9-8-15-16-11-13(21)6-7-17(16)22-18(15)19(23)12-4-3-5-14(10-12)24(26)27/h3-7,10-11,19,22H,2,8-9H2,1H3. The topological polar surface area (TPSA) is 88.5 Å². The summed E-state index contributed by atoms with van der Waals surface area (Å²) in [4.78, 5) is 28.4. The molecule has 0 aliphatic carbocycles. The van der Waals surface area contributed by atoms with Gasteiger partial charge in [-0.05, 0) is 42.7 Å². The van der Waals surface area contributed by atoms with Crippen LogP contribution in [0.25, 0.3) is 10.9 Å². The zero-order valence-corrected chi connectivity index (χ0v) is 15.9. The number of benzene rings is 2. The van der Waals surface area contributed by atoms with E-state index in [2.05, 4.69) is 4.98 Å². The lowest BCUT2D eigenvalue weighted by Gasteiger charge is -2.35. The van der Waals surface area contributed by atoms with Crippen molar-refractivity contribution in [2.24, 2.45) is 0 Å². The highest BCUT2D eigenvalue weighted by molar-refractivity contribution is 6.31. The summed E-state index contributed by atoms with van der Waals surface area (Å²) in [6.45, 7) is 2.45. The largest absolute Gasteiger partial charge is 0.450 e. The van der Waals surface area contributed by atoms with E-state index in [4.69, 9.17) is 16.3 Å². The highest BCUT2D eigenvalue weighted by Gasteiger charge is 2.36. The van der Waals surface area contributed by atoms with Crippen LogP contribution in [0.15, 0.2) is 42.5 Å². The minimum absolute atomic E-state index is 0.0208. The fraction of sp³-hybridized carbons (Fsp3) is 0.250. The molecule has 0 bridgehead atoms. The van der Waals surface area contributed by atoms with E-state index in [1.165, 1.54) is 12.1 Å². The van der Waals surface area contributed by atoms with Gasteiger partial charge >= 0.3 is 6.09 Å². The van der Waals surface area contributed by atoms with Crippen molar-refractivity contribution in [3.8, 4) is 0 Å². The van der Waals surface area contributed by atoms with Crippen LogP contribution in [0.4, 0.5) is 10.5 Å². The summed E-state index contributed by atoms with van der Waals surface area (Å²) < 4.78 is 5.24. The molecule has 0 radical (unpaired) electrons. The number of non-ortho nitro benzene ring substituents is 1. The molecule has 1 amide bonds. The van der Waals surface area contributed by atoms with E-state index in [0.29, 0.717) is 23.6 Å². The summed E-state index contributed by atoms with van der Waals surface area (Å²) in [5.74, 6) is 0. The molecule has 1 unspecified atom stereocenters. The molecule has 0 saturated carbocycles. The van der Waals surface area contributed by atoms with E-state index in [1.54, 1.807) is 30.0 Å². The molecule has 1 atom stereocenters. The third kappa shape index (κ3) is 3.07. The fourth-order valence-electron chi connectivity index (χ4n) is 3.82. The highest BCUT2D eigenvalue weighted by atomic mass is 35.5. The van der Waals surface area contributed by atoms with Crippen LogP contribution in [0, 0.1) is 10.1 Å². The summed E-state index contributed by atoms with van der Waals surface area (Å²) in [6, 6.07) is 11.5. The molecule has 1 N–H and O–H groups in total. The molecular weight excluding hydrogens is 382 g/mol. The van der Waals surface area contributed by atoms with Crippen molar-refractivity contribution in [2.45, 2.75) is 19.4 Å². The minimum Gasteiger partial charge on any atom is -0.450 e. The fourth-order valence-corrected chi connectivity index (χ4v) is 3.99. The monoisotopic (exact) mass is 399 g/mol. The van der Waals surface area contributed by atoms with E-state index < -0.39 is 17.1 Å². The van der Waals surface area contributed by atoms with Crippen LogP contribution in [-0.2, 0) is 11.2 Å². The molecule has 0 fully saturated rings. The molecule has 1 aliphatic heterocycles. The predicted molar refractivity (Wildman–Crippen MR) is 106 cm³/mol. The maximum atomic E-state index is 12.6. The lowest BCUT2D eigenvalue weighted by atomic mass is 9.92. The number of nitro benzene ring substituents is 1. The van der Waals surface area contributed by atoms with Crippen LogP contribution in [0.2, 0.25) is 5.02 Å². The van der Waals surface area contributed by atoms with E-state index in [0.717, 1.165) is 22.2 Å². The molecule has 1 aliphatic rings. The van der Waals surface area contributed by atoms with Crippen LogP contribution < -0.4 is 0 Å². The number of aromatic amines is 1. The Balaban J connectivity index is 1.90. The van der Waals surface area contributed by atoms with Gasteiger partial charge in [-0.2, -0.15) is 0 Å². The average molecular weight is 400 g/mol. The van der Waals surface area contributed by atoms with Gasteiger partial charge in [0.15, 0.2) is 0 Å². The van der Waals surface area contributed by atoms with E-state index >= 15 is 0 Å². The van der Waals surface area contributed by atoms with Gasteiger partial charge in [0.1, 0.15) is 6.04 Å². The molecule has 4 rings (SSSR count). The maximum absolute atomic E-state index is 12.6. The number of H-pyrrole nitrogens is 1. The van der Waals surface area contributed by atoms with Crippen LogP contribution in [0.1, 0.15) is 29.8 Å². The van der Waals surface area contributed by atoms with Crippen molar-refractivity contribution in [3.63, 3.8) is 0 Å². The van der Waals surface area contributed by atoms with Gasteiger partial charge in [0.2, 0.25) is 0 Å². The number of ether oxygens (including phenoxy) is 1. The molecule has 0 saturated heterocycles. The Morgan fingerprint density at radius 3 is 2.93 bits per heavy atom. The van der Waals surface area contributed by atoms with Crippen LogP contribution in [0.3, 0.4) is 0 Å². The number of hydrogen-bond donors (Lipinski definition) is 1. The van der Waals surface area contributed by atoms with Crippen molar-refractivity contribution in [3.05, 3.63) is 74.4 Å². The summed E-state index contributed by atoms with van der Waals surface area (Å²) in [6.07, 6.45) is 0.196. The summed E-state index contributed by atoms with van der Waals surface area (Å²) in [5.41, 5.74) is 3.44. The third-order valence-electron chi connectivity index (χ3n) is 4.99. The quantitative estimate of drug-likeness (QED) is 0.504. The second-order valence-corrected chi connectivity index (χ2v) is 7.04. The molecule has 2 aromatic carbocycles. The number of fused-ring (bicyclic) bond motifs is 3. The Labute approximate surface area is 166 Å². The van der Waals surface area contributed by atoms with Gasteiger partial charge in [-0.1, -0.05) is 23.7 Å². The zero-order chi connectivity index (χ0) is 19.8. The third-order valence-corrected chi connectivity index (χ3v) is 5.22. The van der Waals surface area contributed by atoms with Gasteiger partial charge in [-0.15, -0.1) is 0 Å². The first-order valence-electron chi connectivity index (χ1n) is 8.97. The van der Waals surface area contributed by atoms with Gasteiger partial charge < -0.3 is 9.72 Å². The molecule has 28 heavy (non-hydrogen) atoms. The van der Waals surface area contributed by atoms with Crippen molar-refractivity contribution in [2.75, 3.05) is 13.2 Å². The normalized spacial score (nSPS) is 16.1. The molecule has 7 nitrogen and oxygen atoms in total. The average Bonchev–Trinajstić information content (AvgIpc) is 3.05. The minimum atomic E-state index is -0.506. The first kappa shape index (κ1) is 18.3. The number of carbonyl (C=O) groups excluding carboxylic acids is 1. The van der Waals surface area contributed by atoms with Crippen molar-refractivity contribution >= 4 is 34.3 Å². The molecule has 3 aromatic rings. The molecular formula is C20H18ClN3O4. The Hall–Kier alpha value is -3.06. The molecule has 2 heterocycles. The second kappa shape index (κ2) is 7.16. The number of aromatic nitrogens is 1. The Kier molecular flexibility index (Phi) is 4.68. The van der Waals surface area contributed by atoms with Crippen LogP contribution >= 0.6 is 11.6 Å². The Morgan fingerprint density at radius 2 is 2.18 bits per heavy atom. The van der Waals surface area contributed by atoms with E-state index in [9.17, 15) is 14.9 Å². The van der Waals surface area contributed by atoms with Crippen molar-refractivity contribution < 1.29 is 14.5 Å². The van der Waals surface area contributed by atoms with Gasteiger partial charge in [-0.3, -0.25) is 15.0 Å². The van der Waals surface area contributed by atoms with E-state index in [1.807, 2.05) is 12.1 Å². The lowest BCUT2D eigenvalue weighted by Crippen LogP contribution is -2.41. The molecule has 144 valence electrons. The summed E-state index contributed by atoms with van der Waals surface area (Å²) >= 11 is 6.17. The molecule has 8 heteroatoms. The Bertz CT molecular complexity index is 1080. The highest BCUT2D eigenvalue weighted by Crippen LogP contribution is 2.40. The molecule has 0 spiro atoms. The molecule has 1 aromatic heterocycles. The van der Waals surface area contributed by atoms with Gasteiger partial charge in [0.05, 0.1) is 11.5 Å². The maximum Gasteiger partial charge on any atom is 0.410 e. The first-order chi connectivity index (χ1) is 13.5. The van der Waals surface area contributed by atoms with Crippen LogP contribution in [-0.4, -0.2) is 34.1 Å². The van der Waals surface area contributed by atoms with Crippen molar-refractivity contribution in [1.29, 1.82) is 0 Å². The zero-order valence-electron chi connectivity index (χ0n) is 15.1. The van der Waals surface area contributed by atoms with Gasteiger partial charge in [-0.25, -0.2) is 4.79 Å². The van der Waals surface area contributed by atoms with Gasteiger partial charge in [0.25, 0.3) is 5.69 Å². The summed E-state index contributed by atoms with van der Waals surface area (Å²) in [7, 11) is 0. The van der Waals surface area contributed by atoms with Gasteiger partial charge in [0, 0.05) is 40.3 Å². The smallest absolute Gasteiger partial charge is 0.410 e. The number of nitrogens with one attached hydrogen (secondary N) is 1. The number of halogens is 1. The number of carbonyl (C=O) groups is 1. The number of rotatable bonds is 3. The number of nitrogens with zero attached hydrogens (tertiary/aromatic N) is 2. The number of hydrogen-bond acceptors (Lipinski definition) is 4. The van der Waals surface area contributed by atoms with Crippen molar-refractivity contribution in [1.82, 2.24) is 9.88 Å². The number of nitro groups is 1. The predicted octanol–water partition coefficient (Wildman–Crippen LogP) is 4.83. The number of amides is 1.